The first-order valence-electron chi connectivity index (χ1n) is 7.84. The number of nitrogens with two attached hydrogens (primary N) is 1. The molecule has 1 aliphatic rings. The number of phenolic OH excluding ortho intramolecular Hbond substituents is 1. The van der Waals surface area contributed by atoms with E-state index in [2.05, 4.69) is 14.9 Å². The number of morpholine rings is 1. The topological polar surface area (TPSA) is 108 Å². The van der Waals surface area contributed by atoms with Gasteiger partial charge >= 0.3 is 0 Å². The molecule has 4 N–H and O–H groups in total. The van der Waals surface area contributed by atoms with E-state index < -0.39 is 0 Å². The van der Waals surface area contributed by atoms with E-state index in [9.17, 15) is 5.11 Å². The van der Waals surface area contributed by atoms with Crippen molar-refractivity contribution in [3.05, 3.63) is 41.9 Å². The summed E-state index contributed by atoms with van der Waals surface area (Å²) in [7, 11) is 0. The summed E-state index contributed by atoms with van der Waals surface area (Å²) >= 11 is 0. The van der Waals surface area contributed by atoms with Crippen LogP contribution in [0.15, 0.2) is 30.6 Å². The number of nitrogens with one attached hydrogen (secondary N) is 1. The van der Waals surface area contributed by atoms with Crippen LogP contribution in [0.5, 0.6) is 5.75 Å². The number of nitrogen functional groups attached to an aromatic ring is 1. The molecular formula is C17H21N5O2. The van der Waals surface area contributed by atoms with Crippen LogP contribution in [0.3, 0.4) is 0 Å². The number of rotatable bonds is 3. The molecule has 24 heavy (non-hydrogen) atoms. The van der Waals surface area contributed by atoms with Crippen molar-refractivity contribution in [1.29, 1.82) is 5.41 Å². The number of nitrogens with zero attached hydrogens (tertiary/aromatic N) is 3. The molecule has 3 rings (SSSR count). The molecule has 1 aliphatic heterocycles. The van der Waals surface area contributed by atoms with E-state index in [0.717, 1.165) is 18.9 Å². The zero-order valence-corrected chi connectivity index (χ0v) is 13.7. The van der Waals surface area contributed by atoms with E-state index in [4.69, 9.17) is 15.9 Å². The van der Waals surface area contributed by atoms with Crippen LogP contribution in [0.1, 0.15) is 25.1 Å². The summed E-state index contributed by atoms with van der Waals surface area (Å²) in [5, 5.41) is 18.0. The molecule has 0 bridgehead atoms. The van der Waals surface area contributed by atoms with Crippen molar-refractivity contribution in [2.75, 3.05) is 23.7 Å². The standard InChI is InChI=1S/C17H21N5O2/c1-10-7-22(8-11(2)24-10)16-6-15(20-9-21-16)17(19)13-5-12(23)3-4-14(13)18/h3-6,9-11,19,23H,7-8,18H2,1-2H3. The maximum atomic E-state index is 9.64. The van der Waals surface area contributed by atoms with Crippen molar-refractivity contribution in [1.82, 2.24) is 9.97 Å². The summed E-state index contributed by atoms with van der Waals surface area (Å²) in [6.45, 7) is 5.53. The Bertz CT molecular complexity index is 754. The lowest BCUT2D eigenvalue weighted by atomic mass is 10.0. The highest BCUT2D eigenvalue weighted by molar-refractivity contribution is 6.13. The Labute approximate surface area is 140 Å². The van der Waals surface area contributed by atoms with Crippen LogP contribution < -0.4 is 10.6 Å². The molecule has 2 atom stereocenters. The maximum Gasteiger partial charge on any atom is 0.132 e. The van der Waals surface area contributed by atoms with Crippen LogP contribution in [-0.4, -0.2) is 46.1 Å². The van der Waals surface area contributed by atoms with Gasteiger partial charge < -0.3 is 20.5 Å². The van der Waals surface area contributed by atoms with Crippen molar-refractivity contribution in [3.8, 4) is 5.75 Å². The van der Waals surface area contributed by atoms with Gasteiger partial charge in [-0.1, -0.05) is 0 Å². The normalized spacial score (nSPS) is 20.8. The highest BCUT2D eigenvalue weighted by Gasteiger charge is 2.24. The third-order valence-electron chi connectivity index (χ3n) is 3.96. The lowest BCUT2D eigenvalue weighted by Crippen LogP contribution is -2.45. The average molecular weight is 327 g/mol. The molecule has 0 amide bonds. The highest BCUT2D eigenvalue weighted by Crippen LogP contribution is 2.23. The molecule has 0 saturated carbocycles. The molecule has 1 aromatic carbocycles. The fraction of sp³-hybridized carbons (Fsp3) is 0.353. The van der Waals surface area contributed by atoms with Gasteiger partial charge in [0.05, 0.1) is 23.6 Å². The second-order valence-corrected chi connectivity index (χ2v) is 6.07. The zero-order valence-electron chi connectivity index (χ0n) is 13.7. The van der Waals surface area contributed by atoms with Gasteiger partial charge in [-0.3, -0.25) is 5.41 Å². The van der Waals surface area contributed by atoms with Crippen LogP contribution >= 0.6 is 0 Å². The van der Waals surface area contributed by atoms with E-state index in [0.29, 0.717) is 16.9 Å². The molecule has 7 heteroatoms. The van der Waals surface area contributed by atoms with Crippen molar-refractivity contribution in [3.63, 3.8) is 0 Å². The number of aromatic hydroxyl groups is 1. The van der Waals surface area contributed by atoms with Gasteiger partial charge in [-0.05, 0) is 32.0 Å². The van der Waals surface area contributed by atoms with Gasteiger partial charge in [0.25, 0.3) is 0 Å². The number of benzene rings is 1. The Hall–Kier alpha value is -2.67. The number of ether oxygens (including phenoxy) is 1. The lowest BCUT2D eigenvalue weighted by Gasteiger charge is -2.36. The van der Waals surface area contributed by atoms with Gasteiger partial charge in [-0.25, -0.2) is 9.97 Å². The van der Waals surface area contributed by atoms with E-state index in [1.165, 1.54) is 18.5 Å². The first-order valence-corrected chi connectivity index (χ1v) is 7.84. The largest absolute Gasteiger partial charge is 0.508 e. The molecule has 2 unspecified atom stereocenters. The summed E-state index contributed by atoms with van der Waals surface area (Å²) in [5.74, 6) is 0.819. The van der Waals surface area contributed by atoms with Crippen LogP contribution in [0.4, 0.5) is 11.5 Å². The summed E-state index contributed by atoms with van der Waals surface area (Å²) in [5.41, 5.74) is 7.41. The molecule has 0 spiro atoms. The zero-order chi connectivity index (χ0) is 17.3. The molecule has 1 aromatic heterocycles. The van der Waals surface area contributed by atoms with E-state index in [1.807, 2.05) is 13.8 Å². The number of hydrogen-bond acceptors (Lipinski definition) is 7. The second-order valence-electron chi connectivity index (χ2n) is 6.07. The van der Waals surface area contributed by atoms with Crippen molar-refractivity contribution >= 4 is 17.2 Å². The van der Waals surface area contributed by atoms with Gasteiger partial charge in [0.15, 0.2) is 0 Å². The van der Waals surface area contributed by atoms with Crippen LogP contribution in [0, 0.1) is 5.41 Å². The fourth-order valence-electron chi connectivity index (χ4n) is 2.92. The first kappa shape index (κ1) is 16.2. The van der Waals surface area contributed by atoms with Crippen LogP contribution in [0.25, 0.3) is 0 Å². The monoisotopic (exact) mass is 327 g/mol. The van der Waals surface area contributed by atoms with Crippen LogP contribution in [0.2, 0.25) is 0 Å². The third kappa shape index (κ3) is 3.30. The molecule has 2 heterocycles. The average Bonchev–Trinajstić information content (AvgIpc) is 2.55. The third-order valence-corrected chi connectivity index (χ3v) is 3.96. The van der Waals surface area contributed by atoms with Crippen molar-refractivity contribution in [2.45, 2.75) is 26.1 Å². The van der Waals surface area contributed by atoms with Gasteiger partial charge in [-0.15, -0.1) is 0 Å². The molecule has 0 radical (unpaired) electrons. The van der Waals surface area contributed by atoms with E-state index in [-0.39, 0.29) is 23.7 Å². The lowest BCUT2D eigenvalue weighted by molar-refractivity contribution is -0.00546. The van der Waals surface area contributed by atoms with Gasteiger partial charge in [0.2, 0.25) is 0 Å². The minimum atomic E-state index is 0.0639. The predicted octanol–water partition coefficient (Wildman–Crippen LogP) is 1.79. The first-order chi connectivity index (χ1) is 11.4. The second kappa shape index (κ2) is 6.45. The Morgan fingerprint density at radius 2 is 1.96 bits per heavy atom. The molecule has 0 aliphatic carbocycles. The summed E-state index contributed by atoms with van der Waals surface area (Å²) < 4.78 is 5.74. The van der Waals surface area contributed by atoms with Crippen molar-refractivity contribution in [2.24, 2.45) is 0 Å². The Morgan fingerprint density at radius 3 is 2.67 bits per heavy atom. The minimum absolute atomic E-state index is 0.0639. The molecule has 1 saturated heterocycles. The number of hydrogen-bond donors (Lipinski definition) is 3. The Kier molecular flexibility index (Phi) is 4.35. The maximum absolute atomic E-state index is 9.64. The number of aromatic nitrogens is 2. The number of phenols is 1. The quantitative estimate of drug-likeness (QED) is 0.450. The summed E-state index contributed by atoms with van der Waals surface area (Å²) in [6, 6.07) is 6.32. The molecule has 2 aromatic rings. The highest BCUT2D eigenvalue weighted by atomic mass is 16.5. The van der Waals surface area contributed by atoms with Gasteiger partial charge in [-0.2, -0.15) is 0 Å². The summed E-state index contributed by atoms with van der Waals surface area (Å²) in [4.78, 5) is 10.6. The molecular weight excluding hydrogens is 306 g/mol. The molecule has 1 fully saturated rings. The van der Waals surface area contributed by atoms with E-state index in [1.54, 1.807) is 12.1 Å². The number of anilines is 2. The fourth-order valence-corrected chi connectivity index (χ4v) is 2.92. The van der Waals surface area contributed by atoms with Gasteiger partial charge in [0, 0.05) is 30.4 Å². The smallest absolute Gasteiger partial charge is 0.132 e. The van der Waals surface area contributed by atoms with Crippen LogP contribution in [-0.2, 0) is 4.74 Å². The molecule has 126 valence electrons. The molecule has 7 nitrogen and oxygen atoms in total. The Morgan fingerprint density at radius 1 is 1.25 bits per heavy atom. The van der Waals surface area contributed by atoms with E-state index >= 15 is 0 Å². The predicted molar refractivity (Wildman–Crippen MR) is 92.7 cm³/mol. The SMILES string of the molecule is CC1CN(c2cc(C(=N)c3cc(O)ccc3N)ncn2)CC(C)O1. The minimum Gasteiger partial charge on any atom is -0.508 e. The van der Waals surface area contributed by atoms with Crippen molar-refractivity contribution < 1.29 is 9.84 Å². The summed E-state index contributed by atoms with van der Waals surface area (Å²) in [6.07, 6.45) is 1.69. The Balaban J connectivity index is 1.90. The van der Waals surface area contributed by atoms with Gasteiger partial charge in [0.1, 0.15) is 17.9 Å².